The number of rotatable bonds is 8. The van der Waals surface area contributed by atoms with E-state index < -0.39 is 25.1 Å². The van der Waals surface area contributed by atoms with Gasteiger partial charge in [-0.05, 0) is 30.0 Å². The number of benzene rings is 1. The van der Waals surface area contributed by atoms with E-state index >= 15 is 0 Å². The van der Waals surface area contributed by atoms with Crippen molar-refractivity contribution < 1.29 is 16.8 Å². The summed E-state index contributed by atoms with van der Waals surface area (Å²) in [6.07, 6.45) is 0.477. The van der Waals surface area contributed by atoms with Gasteiger partial charge in [0.2, 0.25) is 10.0 Å². The van der Waals surface area contributed by atoms with Gasteiger partial charge < -0.3 is 0 Å². The quantitative estimate of drug-likeness (QED) is 0.771. The van der Waals surface area contributed by atoms with E-state index in [0.717, 1.165) is 0 Å². The standard InChI is InChI=1S/C15H19NO4S3/c1-2-11-22(17,18)16-12-15(14-9-6-10-21-14)23(19,20)13-7-4-3-5-8-13/h3-10,15-16H,2,11-12H2,1H3. The molecule has 0 radical (unpaired) electrons. The van der Waals surface area contributed by atoms with Gasteiger partial charge >= 0.3 is 0 Å². The number of hydrogen-bond donors (Lipinski definition) is 1. The molecule has 1 aromatic heterocycles. The fourth-order valence-corrected chi connectivity index (χ4v) is 6.17. The Labute approximate surface area is 141 Å². The molecular formula is C15H19NO4S3. The van der Waals surface area contributed by atoms with Crippen molar-refractivity contribution in [2.24, 2.45) is 0 Å². The Morgan fingerprint density at radius 3 is 2.30 bits per heavy atom. The average molecular weight is 374 g/mol. The van der Waals surface area contributed by atoms with Crippen molar-refractivity contribution in [2.75, 3.05) is 12.3 Å². The number of nitrogens with one attached hydrogen (secondary N) is 1. The van der Waals surface area contributed by atoms with Crippen LogP contribution >= 0.6 is 11.3 Å². The highest BCUT2D eigenvalue weighted by atomic mass is 32.2. The molecule has 0 saturated heterocycles. The van der Waals surface area contributed by atoms with E-state index in [-0.39, 0.29) is 17.2 Å². The predicted octanol–water partition coefficient (Wildman–Crippen LogP) is 2.59. The van der Waals surface area contributed by atoms with E-state index in [4.69, 9.17) is 0 Å². The van der Waals surface area contributed by atoms with Crippen LogP contribution in [0.2, 0.25) is 0 Å². The van der Waals surface area contributed by atoms with E-state index in [1.807, 2.05) is 0 Å². The minimum Gasteiger partial charge on any atom is -0.223 e. The average Bonchev–Trinajstić information content (AvgIpc) is 3.02. The van der Waals surface area contributed by atoms with Crippen molar-refractivity contribution in [1.29, 1.82) is 0 Å². The number of hydrogen-bond acceptors (Lipinski definition) is 5. The van der Waals surface area contributed by atoms with Gasteiger partial charge in [0.15, 0.2) is 9.84 Å². The molecule has 0 spiro atoms. The molecule has 0 aliphatic rings. The molecule has 5 nitrogen and oxygen atoms in total. The summed E-state index contributed by atoms with van der Waals surface area (Å²) < 4.78 is 51.9. The molecule has 8 heteroatoms. The fraction of sp³-hybridized carbons (Fsp3) is 0.333. The molecule has 0 aliphatic carbocycles. The normalized spacial score (nSPS) is 13.8. The van der Waals surface area contributed by atoms with Gasteiger partial charge in [0.05, 0.1) is 10.6 Å². The summed E-state index contributed by atoms with van der Waals surface area (Å²) in [6, 6.07) is 11.6. The first kappa shape index (κ1) is 18.1. The maximum absolute atomic E-state index is 12.9. The molecule has 2 aromatic rings. The minimum absolute atomic E-state index is 0.0183. The molecule has 0 bridgehead atoms. The Kier molecular flexibility index (Phi) is 5.96. The van der Waals surface area contributed by atoms with Gasteiger partial charge in [-0.25, -0.2) is 21.6 Å². The summed E-state index contributed by atoms with van der Waals surface area (Å²) in [5, 5.41) is 0.847. The van der Waals surface area contributed by atoms with Crippen LogP contribution in [-0.4, -0.2) is 29.1 Å². The first-order valence-electron chi connectivity index (χ1n) is 7.16. The molecule has 0 saturated carbocycles. The summed E-state index contributed by atoms with van der Waals surface area (Å²) in [5.74, 6) is -0.0183. The number of sulfonamides is 1. The lowest BCUT2D eigenvalue weighted by molar-refractivity contribution is 0.569. The molecule has 2 rings (SSSR count). The molecule has 1 N–H and O–H groups in total. The summed E-state index contributed by atoms with van der Waals surface area (Å²) >= 11 is 1.30. The Morgan fingerprint density at radius 2 is 1.74 bits per heavy atom. The predicted molar refractivity (Wildman–Crippen MR) is 92.8 cm³/mol. The van der Waals surface area contributed by atoms with Gasteiger partial charge in [0.1, 0.15) is 5.25 Å². The SMILES string of the molecule is CCCS(=O)(=O)NCC(c1cccs1)S(=O)(=O)c1ccccc1. The van der Waals surface area contributed by atoms with Crippen molar-refractivity contribution in [3.05, 3.63) is 52.7 Å². The molecule has 0 aliphatic heterocycles. The van der Waals surface area contributed by atoms with Gasteiger partial charge in [-0.1, -0.05) is 31.2 Å². The van der Waals surface area contributed by atoms with Crippen LogP contribution in [-0.2, 0) is 19.9 Å². The van der Waals surface area contributed by atoms with Gasteiger partial charge in [0.25, 0.3) is 0 Å². The van der Waals surface area contributed by atoms with Crippen LogP contribution in [0.5, 0.6) is 0 Å². The fourth-order valence-electron chi connectivity index (χ4n) is 2.16. The Hall–Kier alpha value is -1.22. The van der Waals surface area contributed by atoms with Crippen LogP contribution in [0.3, 0.4) is 0 Å². The van der Waals surface area contributed by atoms with Gasteiger partial charge in [0, 0.05) is 11.4 Å². The monoisotopic (exact) mass is 373 g/mol. The zero-order valence-electron chi connectivity index (χ0n) is 12.7. The topological polar surface area (TPSA) is 80.3 Å². The second-order valence-electron chi connectivity index (χ2n) is 5.03. The lowest BCUT2D eigenvalue weighted by atomic mass is 10.3. The summed E-state index contributed by atoms with van der Waals surface area (Å²) in [6.45, 7) is 1.59. The van der Waals surface area contributed by atoms with E-state index in [9.17, 15) is 16.8 Å². The molecule has 1 heterocycles. The van der Waals surface area contributed by atoms with Crippen molar-refractivity contribution in [1.82, 2.24) is 4.72 Å². The largest absolute Gasteiger partial charge is 0.223 e. The summed E-state index contributed by atoms with van der Waals surface area (Å²) in [4.78, 5) is 0.807. The van der Waals surface area contributed by atoms with Crippen LogP contribution < -0.4 is 4.72 Å². The molecule has 126 valence electrons. The van der Waals surface area contributed by atoms with Crippen LogP contribution in [0.25, 0.3) is 0 Å². The number of thiophene rings is 1. The van der Waals surface area contributed by atoms with E-state index in [2.05, 4.69) is 4.72 Å². The summed E-state index contributed by atoms with van der Waals surface area (Å²) in [7, 11) is -7.15. The molecule has 0 amide bonds. The van der Waals surface area contributed by atoms with E-state index in [0.29, 0.717) is 11.3 Å². The third-order valence-electron chi connectivity index (χ3n) is 3.27. The molecule has 1 atom stereocenters. The summed E-state index contributed by atoms with van der Waals surface area (Å²) in [5.41, 5.74) is 0. The van der Waals surface area contributed by atoms with E-state index in [1.54, 1.807) is 42.6 Å². The van der Waals surface area contributed by atoms with Gasteiger partial charge in [-0.15, -0.1) is 11.3 Å². The zero-order valence-corrected chi connectivity index (χ0v) is 15.1. The zero-order chi connectivity index (χ0) is 16.9. The maximum Gasteiger partial charge on any atom is 0.211 e. The smallest absolute Gasteiger partial charge is 0.211 e. The van der Waals surface area contributed by atoms with E-state index in [1.165, 1.54) is 23.5 Å². The van der Waals surface area contributed by atoms with Crippen LogP contribution in [0.1, 0.15) is 23.5 Å². The van der Waals surface area contributed by atoms with Crippen LogP contribution in [0.4, 0.5) is 0 Å². The lowest BCUT2D eigenvalue weighted by Gasteiger charge is -2.17. The molecule has 1 unspecified atom stereocenters. The van der Waals surface area contributed by atoms with Gasteiger partial charge in [-0.2, -0.15) is 0 Å². The molecule has 23 heavy (non-hydrogen) atoms. The highest BCUT2D eigenvalue weighted by molar-refractivity contribution is 7.92. The second kappa shape index (κ2) is 7.57. The second-order valence-corrected chi connectivity index (χ2v) is 10.1. The highest BCUT2D eigenvalue weighted by Gasteiger charge is 2.30. The lowest BCUT2D eigenvalue weighted by Crippen LogP contribution is -2.33. The first-order valence-corrected chi connectivity index (χ1v) is 11.2. The number of sulfone groups is 1. The van der Waals surface area contributed by atoms with Crippen molar-refractivity contribution >= 4 is 31.2 Å². The van der Waals surface area contributed by atoms with Crippen molar-refractivity contribution in [2.45, 2.75) is 23.5 Å². The molecular weight excluding hydrogens is 354 g/mol. The molecule has 1 aromatic carbocycles. The Morgan fingerprint density at radius 1 is 1.04 bits per heavy atom. The minimum atomic E-state index is -3.68. The Bertz CT molecular complexity index is 813. The van der Waals surface area contributed by atoms with Crippen LogP contribution in [0, 0.1) is 0 Å². The van der Waals surface area contributed by atoms with Crippen molar-refractivity contribution in [3.8, 4) is 0 Å². The first-order chi connectivity index (χ1) is 10.9. The highest BCUT2D eigenvalue weighted by Crippen LogP contribution is 2.31. The Balaban J connectivity index is 2.33. The molecule has 0 fully saturated rings. The maximum atomic E-state index is 12.9. The van der Waals surface area contributed by atoms with Crippen molar-refractivity contribution in [3.63, 3.8) is 0 Å². The van der Waals surface area contributed by atoms with Gasteiger partial charge in [-0.3, -0.25) is 0 Å². The van der Waals surface area contributed by atoms with Crippen LogP contribution in [0.15, 0.2) is 52.7 Å². The third-order valence-corrected chi connectivity index (χ3v) is 8.05. The third kappa shape index (κ3) is 4.63.